The zero-order valence-corrected chi connectivity index (χ0v) is 9.94. The first-order valence-electron chi connectivity index (χ1n) is 6.01. The normalized spacial score (nSPS) is 20.2. The predicted octanol–water partition coefficient (Wildman–Crippen LogP) is 2.72. The van der Waals surface area contributed by atoms with Crippen molar-refractivity contribution in [3.05, 3.63) is 47.2 Å². The molecular formula is C15H15NO. The van der Waals surface area contributed by atoms with Crippen LogP contribution in [0.3, 0.4) is 0 Å². The number of aliphatic imine (C=N–C) groups is 1. The Bertz CT molecular complexity index is 515. The van der Waals surface area contributed by atoms with Gasteiger partial charge in [0.25, 0.3) is 0 Å². The van der Waals surface area contributed by atoms with Crippen LogP contribution in [-0.4, -0.2) is 12.0 Å². The largest absolute Gasteiger partial charge is 0.299 e. The molecule has 2 aliphatic rings. The Morgan fingerprint density at radius 3 is 2.35 bits per heavy atom. The summed E-state index contributed by atoms with van der Waals surface area (Å²) in [6, 6.07) is 8.37. The van der Waals surface area contributed by atoms with Crippen LogP contribution in [0.2, 0.25) is 0 Å². The number of carbonyl (C=O) groups is 1. The molecular weight excluding hydrogens is 210 g/mol. The standard InChI is InChI=1S/C15H15NO/c1-11(17)15(14-6-7-16-10-14)8-12-4-2-3-5-13(12)9-15/h2-5,7,10H,6,8-9H2,1H3. The molecule has 2 nitrogen and oxygen atoms in total. The average molecular weight is 225 g/mol. The monoisotopic (exact) mass is 225 g/mol. The van der Waals surface area contributed by atoms with E-state index in [-0.39, 0.29) is 11.2 Å². The van der Waals surface area contributed by atoms with Crippen LogP contribution >= 0.6 is 0 Å². The van der Waals surface area contributed by atoms with Crippen molar-refractivity contribution in [2.24, 2.45) is 10.4 Å². The van der Waals surface area contributed by atoms with Gasteiger partial charge in [-0.3, -0.25) is 9.79 Å². The molecule has 1 aliphatic carbocycles. The van der Waals surface area contributed by atoms with Gasteiger partial charge in [0.2, 0.25) is 0 Å². The third-order valence-electron chi connectivity index (χ3n) is 4.04. The number of Topliss-reactive ketones (excluding diaryl/α,β-unsaturated/α-hetero) is 1. The van der Waals surface area contributed by atoms with E-state index >= 15 is 0 Å². The Morgan fingerprint density at radius 2 is 1.88 bits per heavy atom. The minimum Gasteiger partial charge on any atom is -0.299 e. The number of hydrogen-bond donors (Lipinski definition) is 0. The second-order valence-electron chi connectivity index (χ2n) is 4.95. The topological polar surface area (TPSA) is 29.4 Å². The van der Waals surface area contributed by atoms with Crippen molar-refractivity contribution in [3.8, 4) is 0 Å². The van der Waals surface area contributed by atoms with Crippen LogP contribution in [-0.2, 0) is 17.6 Å². The maximum Gasteiger partial charge on any atom is 0.140 e. The molecule has 86 valence electrons. The van der Waals surface area contributed by atoms with E-state index in [1.54, 1.807) is 6.92 Å². The summed E-state index contributed by atoms with van der Waals surface area (Å²) in [5.74, 6) is 0.269. The van der Waals surface area contributed by atoms with Gasteiger partial charge in [-0.1, -0.05) is 24.3 Å². The number of ketones is 1. The Balaban J connectivity index is 2.04. The van der Waals surface area contributed by atoms with Crippen molar-refractivity contribution >= 4 is 12.0 Å². The minimum absolute atomic E-state index is 0.269. The minimum atomic E-state index is -0.319. The van der Waals surface area contributed by atoms with E-state index in [1.165, 1.54) is 16.7 Å². The number of carbonyl (C=O) groups excluding carboxylic acids is 1. The van der Waals surface area contributed by atoms with Crippen LogP contribution < -0.4 is 0 Å². The highest BCUT2D eigenvalue weighted by Crippen LogP contribution is 2.45. The van der Waals surface area contributed by atoms with Crippen LogP contribution in [0.25, 0.3) is 0 Å². The molecule has 0 bridgehead atoms. The fourth-order valence-electron chi connectivity index (χ4n) is 2.98. The Kier molecular flexibility index (Phi) is 2.25. The molecule has 1 aliphatic heterocycles. The van der Waals surface area contributed by atoms with Crippen molar-refractivity contribution in [2.45, 2.75) is 26.2 Å². The van der Waals surface area contributed by atoms with Crippen molar-refractivity contribution in [1.29, 1.82) is 0 Å². The molecule has 0 amide bonds. The fraction of sp³-hybridized carbons (Fsp3) is 0.333. The SMILES string of the molecule is CC(=O)C1(C2=CN=CC2)Cc2ccccc2C1. The highest BCUT2D eigenvalue weighted by atomic mass is 16.1. The van der Waals surface area contributed by atoms with Gasteiger partial charge in [0, 0.05) is 18.8 Å². The van der Waals surface area contributed by atoms with E-state index in [1.807, 2.05) is 12.4 Å². The molecule has 0 saturated heterocycles. The Morgan fingerprint density at radius 1 is 1.24 bits per heavy atom. The molecule has 1 aromatic rings. The van der Waals surface area contributed by atoms with E-state index in [0.29, 0.717) is 0 Å². The first kappa shape index (κ1) is 10.5. The lowest BCUT2D eigenvalue weighted by Crippen LogP contribution is -2.32. The Labute approximate surface area is 101 Å². The molecule has 0 spiro atoms. The first-order chi connectivity index (χ1) is 8.22. The van der Waals surface area contributed by atoms with E-state index < -0.39 is 0 Å². The molecule has 1 aromatic carbocycles. The summed E-state index contributed by atoms with van der Waals surface area (Å²) in [5, 5.41) is 0. The summed E-state index contributed by atoms with van der Waals surface area (Å²) < 4.78 is 0. The van der Waals surface area contributed by atoms with Gasteiger partial charge in [-0.05, 0) is 36.5 Å². The third-order valence-corrected chi connectivity index (χ3v) is 4.04. The van der Waals surface area contributed by atoms with Gasteiger partial charge in [-0.15, -0.1) is 0 Å². The molecule has 0 radical (unpaired) electrons. The number of allylic oxidation sites excluding steroid dienone is 1. The Hall–Kier alpha value is -1.70. The number of benzene rings is 1. The molecule has 0 saturated carbocycles. The lowest BCUT2D eigenvalue weighted by atomic mass is 9.74. The number of fused-ring (bicyclic) bond motifs is 1. The molecule has 17 heavy (non-hydrogen) atoms. The summed E-state index contributed by atoms with van der Waals surface area (Å²) in [7, 11) is 0. The van der Waals surface area contributed by atoms with Crippen molar-refractivity contribution in [3.63, 3.8) is 0 Å². The van der Waals surface area contributed by atoms with Gasteiger partial charge in [0.1, 0.15) is 5.78 Å². The number of rotatable bonds is 2. The smallest absolute Gasteiger partial charge is 0.140 e. The van der Waals surface area contributed by atoms with E-state index in [9.17, 15) is 4.79 Å². The molecule has 0 N–H and O–H groups in total. The summed E-state index contributed by atoms with van der Waals surface area (Å²) in [4.78, 5) is 16.3. The molecule has 1 heterocycles. The number of hydrogen-bond acceptors (Lipinski definition) is 2. The lowest BCUT2D eigenvalue weighted by Gasteiger charge is -2.27. The van der Waals surface area contributed by atoms with Crippen molar-refractivity contribution in [2.75, 3.05) is 0 Å². The van der Waals surface area contributed by atoms with E-state index in [0.717, 1.165) is 19.3 Å². The van der Waals surface area contributed by atoms with Crippen molar-refractivity contribution < 1.29 is 4.79 Å². The fourth-order valence-corrected chi connectivity index (χ4v) is 2.98. The summed E-state index contributed by atoms with van der Waals surface area (Å²) in [6.45, 7) is 1.71. The highest BCUT2D eigenvalue weighted by Gasteiger charge is 2.44. The van der Waals surface area contributed by atoms with Crippen LogP contribution in [0.1, 0.15) is 24.5 Å². The van der Waals surface area contributed by atoms with Crippen LogP contribution in [0, 0.1) is 5.41 Å². The first-order valence-corrected chi connectivity index (χ1v) is 6.01. The predicted molar refractivity (Wildman–Crippen MR) is 68.2 cm³/mol. The van der Waals surface area contributed by atoms with Gasteiger partial charge in [0.15, 0.2) is 0 Å². The van der Waals surface area contributed by atoms with E-state index in [4.69, 9.17) is 0 Å². The second kappa shape index (κ2) is 3.66. The molecule has 0 unspecified atom stereocenters. The number of nitrogens with zero attached hydrogens (tertiary/aromatic N) is 1. The van der Waals surface area contributed by atoms with Gasteiger partial charge >= 0.3 is 0 Å². The van der Waals surface area contributed by atoms with Gasteiger partial charge < -0.3 is 0 Å². The lowest BCUT2D eigenvalue weighted by molar-refractivity contribution is -0.124. The van der Waals surface area contributed by atoms with Crippen LogP contribution in [0.4, 0.5) is 0 Å². The highest BCUT2D eigenvalue weighted by molar-refractivity contribution is 5.89. The quantitative estimate of drug-likeness (QED) is 0.761. The van der Waals surface area contributed by atoms with Crippen LogP contribution in [0.15, 0.2) is 41.0 Å². The van der Waals surface area contributed by atoms with Gasteiger partial charge in [-0.2, -0.15) is 0 Å². The zero-order chi connectivity index (χ0) is 11.9. The molecule has 0 aromatic heterocycles. The summed E-state index contributed by atoms with van der Waals surface area (Å²) in [5.41, 5.74) is 3.49. The average Bonchev–Trinajstić information content (AvgIpc) is 2.96. The van der Waals surface area contributed by atoms with Crippen LogP contribution in [0.5, 0.6) is 0 Å². The molecule has 3 rings (SSSR count). The second-order valence-corrected chi connectivity index (χ2v) is 4.95. The molecule has 2 heteroatoms. The summed E-state index contributed by atoms with van der Waals surface area (Å²) in [6.07, 6.45) is 6.28. The van der Waals surface area contributed by atoms with E-state index in [2.05, 4.69) is 29.3 Å². The maximum absolute atomic E-state index is 12.1. The van der Waals surface area contributed by atoms with Crippen molar-refractivity contribution in [1.82, 2.24) is 0 Å². The molecule has 0 fully saturated rings. The van der Waals surface area contributed by atoms with Gasteiger partial charge in [0.05, 0.1) is 5.41 Å². The maximum atomic E-state index is 12.1. The summed E-state index contributed by atoms with van der Waals surface area (Å²) >= 11 is 0. The zero-order valence-electron chi connectivity index (χ0n) is 9.94. The molecule has 0 atom stereocenters. The third kappa shape index (κ3) is 1.47. The van der Waals surface area contributed by atoms with Gasteiger partial charge in [-0.25, -0.2) is 0 Å².